The van der Waals surface area contributed by atoms with E-state index < -0.39 is 0 Å². The minimum atomic E-state index is -0.149. The van der Waals surface area contributed by atoms with Crippen molar-refractivity contribution in [3.8, 4) is 12.1 Å². The molecule has 1 rings (SSSR count). The number of nitrogens with zero attached hydrogens (tertiary/aromatic N) is 4. The minimum Gasteiger partial charge on any atom is -0.267 e. The first-order valence-electron chi connectivity index (χ1n) is 5.06. The highest BCUT2D eigenvalue weighted by molar-refractivity contribution is 9.10. The Morgan fingerprint density at radius 2 is 2.12 bits per heavy atom. The summed E-state index contributed by atoms with van der Waals surface area (Å²) in [7, 11) is 0. The lowest BCUT2D eigenvalue weighted by Crippen LogP contribution is -2.11. The largest absolute Gasteiger partial charge is 0.267 e. The van der Waals surface area contributed by atoms with Crippen molar-refractivity contribution >= 4 is 15.9 Å². The molecule has 0 saturated heterocycles. The highest BCUT2D eigenvalue weighted by Gasteiger charge is 2.13. The fourth-order valence-electron chi connectivity index (χ4n) is 1.50. The number of aryl methyl sites for hydroxylation is 1. The molecule has 1 heterocycles. The highest BCUT2D eigenvalue weighted by atomic mass is 79.9. The predicted octanol–water partition coefficient (Wildman–Crippen LogP) is 2.71. The van der Waals surface area contributed by atoms with Crippen LogP contribution in [0.3, 0.4) is 0 Å². The van der Waals surface area contributed by atoms with Crippen molar-refractivity contribution in [1.82, 2.24) is 9.78 Å². The van der Waals surface area contributed by atoms with Crippen LogP contribution in [0.15, 0.2) is 4.47 Å². The van der Waals surface area contributed by atoms with Crippen molar-refractivity contribution in [3.63, 3.8) is 0 Å². The smallest absolute Gasteiger partial charge is 0.0738 e. The second-order valence-corrected chi connectivity index (χ2v) is 4.48. The average Bonchev–Trinajstić information content (AvgIpc) is 2.52. The van der Waals surface area contributed by atoms with Crippen LogP contribution in [0.5, 0.6) is 0 Å². The summed E-state index contributed by atoms with van der Waals surface area (Å²) in [6.45, 7) is 4.43. The van der Waals surface area contributed by atoms with E-state index in [-0.39, 0.29) is 5.92 Å². The molecular weight excluding hydrogens is 268 g/mol. The molecule has 5 heteroatoms. The molecule has 4 nitrogen and oxygen atoms in total. The van der Waals surface area contributed by atoms with Gasteiger partial charge in [-0.3, -0.25) is 4.68 Å². The van der Waals surface area contributed by atoms with Gasteiger partial charge >= 0.3 is 0 Å². The molecule has 1 aromatic heterocycles. The zero-order chi connectivity index (χ0) is 12.1. The summed E-state index contributed by atoms with van der Waals surface area (Å²) < 4.78 is 2.81. The summed E-state index contributed by atoms with van der Waals surface area (Å²) in [6.07, 6.45) is 1.02. The molecule has 0 fully saturated rings. The molecule has 1 aromatic rings. The molecule has 0 bridgehead atoms. The molecular formula is C11H13BrN4. The molecule has 0 saturated carbocycles. The Balaban J connectivity index is 2.76. The summed E-state index contributed by atoms with van der Waals surface area (Å²) in [5.74, 6) is -0.149. The van der Waals surface area contributed by atoms with Gasteiger partial charge in [0.05, 0.1) is 34.8 Å². The van der Waals surface area contributed by atoms with Gasteiger partial charge in [0.15, 0.2) is 0 Å². The van der Waals surface area contributed by atoms with Gasteiger partial charge in [-0.1, -0.05) is 0 Å². The normalized spacial score (nSPS) is 11.8. The van der Waals surface area contributed by atoms with Gasteiger partial charge in [0.2, 0.25) is 0 Å². The van der Waals surface area contributed by atoms with E-state index in [4.69, 9.17) is 10.5 Å². The molecule has 0 aliphatic carbocycles. The van der Waals surface area contributed by atoms with Crippen molar-refractivity contribution in [1.29, 1.82) is 10.5 Å². The minimum absolute atomic E-state index is 0.149. The molecule has 1 unspecified atom stereocenters. The van der Waals surface area contributed by atoms with Crippen LogP contribution in [0.25, 0.3) is 0 Å². The van der Waals surface area contributed by atoms with Gasteiger partial charge in [-0.2, -0.15) is 15.6 Å². The first-order chi connectivity index (χ1) is 7.60. The maximum Gasteiger partial charge on any atom is 0.0738 e. The summed E-state index contributed by atoms with van der Waals surface area (Å²) >= 11 is 3.45. The Bertz CT molecular complexity index is 450. The average molecular weight is 281 g/mol. The third-order valence-electron chi connectivity index (χ3n) is 2.47. The van der Waals surface area contributed by atoms with Gasteiger partial charge < -0.3 is 0 Å². The van der Waals surface area contributed by atoms with E-state index in [2.05, 4.69) is 33.2 Å². The Kier molecular flexibility index (Phi) is 4.52. The van der Waals surface area contributed by atoms with E-state index in [1.165, 1.54) is 0 Å². The lowest BCUT2D eigenvalue weighted by molar-refractivity contribution is 0.467. The van der Waals surface area contributed by atoms with Gasteiger partial charge in [0.1, 0.15) is 0 Å². The van der Waals surface area contributed by atoms with Crippen LogP contribution in [0.2, 0.25) is 0 Å². The Morgan fingerprint density at radius 3 is 2.56 bits per heavy atom. The highest BCUT2D eigenvalue weighted by Crippen LogP contribution is 2.21. The Labute approximate surface area is 104 Å². The zero-order valence-corrected chi connectivity index (χ0v) is 11.0. The summed E-state index contributed by atoms with van der Waals surface area (Å²) in [6, 6.07) is 4.27. The fourth-order valence-corrected chi connectivity index (χ4v) is 1.78. The van der Waals surface area contributed by atoms with Gasteiger partial charge in [-0.25, -0.2) is 0 Å². The van der Waals surface area contributed by atoms with Crippen LogP contribution in [0.4, 0.5) is 0 Å². The van der Waals surface area contributed by atoms with Crippen molar-refractivity contribution in [2.24, 2.45) is 5.92 Å². The monoisotopic (exact) mass is 280 g/mol. The Morgan fingerprint density at radius 1 is 1.44 bits per heavy atom. The third kappa shape index (κ3) is 2.84. The molecule has 0 amide bonds. The van der Waals surface area contributed by atoms with E-state index >= 15 is 0 Å². The number of rotatable bonds is 4. The molecule has 0 N–H and O–H groups in total. The molecule has 0 aromatic carbocycles. The van der Waals surface area contributed by atoms with Gasteiger partial charge in [-0.15, -0.1) is 0 Å². The van der Waals surface area contributed by atoms with Crippen LogP contribution in [0, 0.1) is 42.4 Å². The second kappa shape index (κ2) is 5.67. The second-order valence-electron chi connectivity index (χ2n) is 3.69. The van der Waals surface area contributed by atoms with Gasteiger partial charge in [-0.05, 0) is 36.2 Å². The molecule has 0 radical (unpaired) electrons. The van der Waals surface area contributed by atoms with Crippen LogP contribution < -0.4 is 0 Å². The molecule has 0 spiro atoms. The molecule has 16 heavy (non-hydrogen) atoms. The van der Waals surface area contributed by atoms with Crippen LogP contribution >= 0.6 is 15.9 Å². The van der Waals surface area contributed by atoms with E-state index in [1.807, 2.05) is 18.5 Å². The van der Waals surface area contributed by atoms with Crippen molar-refractivity contribution in [2.75, 3.05) is 0 Å². The molecule has 84 valence electrons. The zero-order valence-electron chi connectivity index (χ0n) is 9.37. The quantitative estimate of drug-likeness (QED) is 0.852. The van der Waals surface area contributed by atoms with E-state index in [0.717, 1.165) is 15.9 Å². The van der Waals surface area contributed by atoms with E-state index in [0.29, 0.717) is 19.4 Å². The lowest BCUT2D eigenvalue weighted by atomic mass is 10.1. The number of hydrogen-bond donors (Lipinski definition) is 0. The number of nitriles is 2. The fraction of sp³-hybridized carbons (Fsp3) is 0.545. The van der Waals surface area contributed by atoms with Crippen molar-refractivity contribution in [2.45, 2.75) is 33.2 Å². The van der Waals surface area contributed by atoms with Crippen LogP contribution in [0.1, 0.15) is 24.2 Å². The van der Waals surface area contributed by atoms with E-state index in [1.54, 1.807) is 0 Å². The number of hydrogen-bond acceptors (Lipinski definition) is 3. The van der Waals surface area contributed by atoms with E-state index in [9.17, 15) is 0 Å². The Hall–Kier alpha value is -1.33. The van der Waals surface area contributed by atoms with Gasteiger partial charge in [0, 0.05) is 12.1 Å². The number of halogens is 1. The summed E-state index contributed by atoms with van der Waals surface area (Å²) in [5, 5.41) is 21.8. The molecule has 0 aliphatic rings. The summed E-state index contributed by atoms with van der Waals surface area (Å²) in [4.78, 5) is 0. The number of aromatic nitrogens is 2. The SMILES string of the molecule is Cc1nn(CC(C#N)CCC#N)c(C)c1Br. The van der Waals surface area contributed by atoms with Crippen LogP contribution in [-0.4, -0.2) is 9.78 Å². The molecule has 0 aliphatic heterocycles. The topological polar surface area (TPSA) is 65.4 Å². The van der Waals surface area contributed by atoms with Crippen molar-refractivity contribution in [3.05, 3.63) is 15.9 Å². The summed E-state index contributed by atoms with van der Waals surface area (Å²) in [5.41, 5.74) is 1.95. The van der Waals surface area contributed by atoms with Crippen LogP contribution in [-0.2, 0) is 6.54 Å². The maximum absolute atomic E-state index is 8.97. The first-order valence-corrected chi connectivity index (χ1v) is 5.85. The van der Waals surface area contributed by atoms with Gasteiger partial charge in [0.25, 0.3) is 0 Å². The molecule has 1 atom stereocenters. The predicted molar refractivity (Wildman–Crippen MR) is 63.4 cm³/mol. The lowest BCUT2D eigenvalue weighted by Gasteiger charge is -2.08. The standard InChI is InChI=1S/C11H13BrN4/c1-8-11(12)9(2)16(15-8)7-10(6-14)4-3-5-13/h10H,3-4,7H2,1-2H3. The third-order valence-corrected chi connectivity index (χ3v) is 3.62. The maximum atomic E-state index is 8.97. The first kappa shape index (κ1) is 12.7. The van der Waals surface area contributed by atoms with Crippen molar-refractivity contribution < 1.29 is 0 Å².